The van der Waals surface area contributed by atoms with Crippen molar-refractivity contribution in [3.8, 4) is 11.8 Å². The molecule has 0 saturated heterocycles. The predicted molar refractivity (Wildman–Crippen MR) is 65.7 cm³/mol. The van der Waals surface area contributed by atoms with Crippen LogP contribution in [0.1, 0.15) is 39.5 Å². The summed E-state index contributed by atoms with van der Waals surface area (Å²) < 4.78 is 1.92. The quantitative estimate of drug-likeness (QED) is 0.609. The Kier molecular flexibility index (Phi) is 7.39. The van der Waals surface area contributed by atoms with Crippen LogP contribution in [0.15, 0.2) is 10.2 Å². The molecule has 13 heavy (non-hydrogen) atoms. The average molecular weight is 292 g/mol. The Hall–Kier alpha value is -0.0100. The van der Waals surface area contributed by atoms with Gasteiger partial charge in [-0.25, -0.2) is 0 Å². The number of rotatable bonds is 5. The molecule has 0 rings (SSSR count). The molecule has 0 bridgehead atoms. The molecule has 0 radical (unpaired) electrons. The minimum Gasteiger partial charge on any atom is -0.377 e. The Labute approximate surface area is 94.8 Å². The van der Waals surface area contributed by atoms with Crippen molar-refractivity contribution >= 4 is 22.6 Å². The molecule has 0 aliphatic carbocycles. The summed E-state index contributed by atoms with van der Waals surface area (Å²) in [4.78, 5) is 0. The first-order valence-electron chi connectivity index (χ1n) is 4.60. The molecule has 1 unspecified atom stereocenters. The van der Waals surface area contributed by atoms with Crippen LogP contribution in [0.3, 0.4) is 0 Å². The number of hydrogen-bond acceptors (Lipinski definition) is 1. The van der Waals surface area contributed by atoms with Crippen LogP contribution in [0.5, 0.6) is 0 Å². The summed E-state index contributed by atoms with van der Waals surface area (Å²) >= 11 is 2.15. The van der Waals surface area contributed by atoms with Gasteiger partial charge < -0.3 is 5.11 Å². The molecule has 74 valence electrons. The van der Waals surface area contributed by atoms with Crippen molar-refractivity contribution in [1.82, 2.24) is 0 Å². The molecular formula is C11H17IO. The van der Waals surface area contributed by atoms with E-state index < -0.39 is 5.60 Å². The number of halogens is 1. The third-order valence-corrected chi connectivity index (χ3v) is 2.35. The molecular weight excluding hydrogens is 275 g/mol. The fourth-order valence-corrected chi connectivity index (χ4v) is 1.41. The third-order valence-electron chi connectivity index (χ3n) is 1.85. The molecule has 0 aliphatic rings. The van der Waals surface area contributed by atoms with Gasteiger partial charge in [-0.15, -0.1) is 5.92 Å². The van der Waals surface area contributed by atoms with Crippen LogP contribution in [-0.4, -0.2) is 10.7 Å². The van der Waals surface area contributed by atoms with Gasteiger partial charge in [0.1, 0.15) is 5.60 Å². The van der Waals surface area contributed by atoms with Crippen molar-refractivity contribution in [1.29, 1.82) is 0 Å². The van der Waals surface area contributed by atoms with Gasteiger partial charge >= 0.3 is 0 Å². The molecule has 0 amide bonds. The van der Waals surface area contributed by atoms with E-state index in [4.69, 9.17) is 0 Å². The predicted octanol–water partition coefficient (Wildman–Crippen LogP) is 3.27. The fraction of sp³-hybridized carbons (Fsp3) is 0.636. The highest BCUT2D eigenvalue weighted by Crippen LogP contribution is 2.18. The van der Waals surface area contributed by atoms with Gasteiger partial charge in [0.05, 0.1) is 0 Å². The van der Waals surface area contributed by atoms with E-state index in [1.165, 1.54) is 0 Å². The second-order valence-corrected chi connectivity index (χ2v) is 3.80. The second kappa shape index (κ2) is 7.40. The van der Waals surface area contributed by atoms with Crippen molar-refractivity contribution in [2.45, 2.75) is 45.1 Å². The maximum absolute atomic E-state index is 10.0. The average Bonchev–Trinajstić information content (AvgIpc) is 2.12. The fourth-order valence-electron chi connectivity index (χ4n) is 1.16. The molecule has 0 aromatic carbocycles. The second-order valence-electron chi connectivity index (χ2n) is 3.08. The molecule has 0 aromatic rings. The number of hydrogen-bond donors (Lipinski definition) is 1. The van der Waals surface area contributed by atoms with Crippen molar-refractivity contribution in [2.24, 2.45) is 0 Å². The zero-order valence-corrected chi connectivity index (χ0v) is 10.5. The zero-order valence-electron chi connectivity index (χ0n) is 8.31. The highest BCUT2D eigenvalue weighted by atomic mass is 127. The first kappa shape index (κ1) is 13.0. The van der Waals surface area contributed by atoms with E-state index in [2.05, 4.69) is 41.4 Å². The van der Waals surface area contributed by atoms with Crippen molar-refractivity contribution in [2.75, 3.05) is 0 Å². The van der Waals surface area contributed by atoms with Gasteiger partial charge in [0.15, 0.2) is 0 Å². The van der Waals surface area contributed by atoms with E-state index in [1.807, 2.05) is 10.2 Å². The van der Waals surface area contributed by atoms with E-state index in [9.17, 15) is 5.11 Å². The smallest absolute Gasteiger partial charge is 0.128 e. The SMILES string of the molecule is CC#CC(O)(CC=CI)CCCC. The Morgan fingerprint density at radius 1 is 1.54 bits per heavy atom. The largest absolute Gasteiger partial charge is 0.377 e. The van der Waals surface area contributed by atoms with E-state index in [0.29, 0.717) is 6.42 Å². The first-order valence-corrected chi connectivity index (χ1v) is 5.84. The van der Waals surface area contributed by atoms with Crippen LogP contribution in [0.2, 0.25) is 0 Å². The van der Waals surface area contributed by atoms with E-state index in [0.717, 1.165) is 19.3 Å². The van der Waals surface area contributed by atoms with Crippen LogP contribution in [0, 0.1) is 11.8 Å². The van der Waals surface area contributed by atoms with E-state index in [-0.39, 0.29) is 0 Å². The zero-order chi connectivity index (χ0) is 10.2. The molecule has 2 heteroatoms. The monoisotopic (exact) mass is 292 g/mol. The maximum atomic E-state index is 10.0. The lowest BCUT2D eigenvalue weighted by molar-refractivity contribution is 0.0923. The molecule has 0 spiro atoms. The van der Waals surface area contributed by atoms with Crippen molar-refractivity contribution < 1.29 is 5.11 Å². The van der Waals surface area contributed by atoms with Crippen LogP contribution in [0.4, 0.5) is 0 Å². The van der Waals surface area contributed by atoms with Gasteiger partial charge in [-0.1, -0.05) is 47.9 Å². The standard InChI is InChI=1S/C11H17IO/c1-3-5-8-11(13,7-4-2)9-6-10-12/h6,10,13H,3,5,8-9H2,1-2H3. The van der Waals surface area contributed by atoms with E-state index in [1.54, 1.807) is 6.92 Å². The Morgan fingerprint density at radius 2 is 2.23 bits per heavy atom. The molecule has 1 N–H and O–H groups in total. The molecule has 0 aliphatic heterocycles. The van der Waals surface area contributed by atoms with Gasteiger partial charge in [-0.2, -0.15) is 0 Å². The number of unbranched alkanes of at least 4 members (excludes halogenated alkanes) is 1. The minimum atomic E-state index is -0.799. The first-order chi connectivity index (χ1) is 6.18. The van der Waals surface area contributed by atoms with Crippen LogP contribution >= 0.6 is 22.6 Å². The summed E-state index contributed by atoms with van der Waals surface area (Å²) in [5.74, 6) is 5.67. The molecule has 1 atom stereocenters. The minimum absolute atomic E-state index is 0.636. The van der Waals surface area contributed by atoms with Crippen LogP contribution in [-0.2, 0) is 0 Å². The summed E-state index contributed by atoms with van der Waals surface area (Å²) in [7, 11) is 0. The molecule has 0 fully saturated rings. The van der Waals surface area contributed by atoms with Crippen LogP contribution in [0.25, 0.3) is 0 Å². The topological polar surface area (TPSA) is 20.2 Å². The highest BCUT2D eigenvalue weighted by molar-refractivity contribution is 14.1. The Bertz CT molecular complexity index is 212. The number of aliphatic hydroxyl groups is 1. The molecule has 0 aromatic heterocycles. The normalized spacial score (nSPS) is 15.1. The lowest BCUT2D eigenvalue weighted by Gasteiger charge is -2.19. The van der Waals surface area contributed by atoms with Gasteiger partial charge in [0.25, 0.3) is 0 Å². The Morgan fingerprint density at radius 3 is 2.69 bits per heavy atom. The third kappa shape index (κ3) is 6.11. The molecule has 1 nitrogen and oxygen atoms in total. The van der Waals surface area contributed by atoms with Crippen molar-refractivity contribution in [3.63, 3.8) is 0 Å². The van der Waals surface area contributed by atoms with Gasteiger partial charge in [0.2, 0.25) is 0 Å². The van der Waals surface area contributed by atoms with Crippen molar-refractivity contribution in [3.05, 3.63) is 10.2 Å². The lowest BCUT2D eigenvalue weighted by Crippen LogP contribution is -2.25. The van der Waals surface area contributed by atoms with Gasteiger partial charge in [-0.05, 0) is 23.8 Å². The van der Waals surface area contributed by atoms with Gasteiger partial charge in [-0.3, -0.25) is 0 Å². The summed E-state index contributed by atoms with van der Waals surface area (Å²) in [6.45, 7) is 3.89. The summed E-state index contributed by atoms with van der Waals surface area (Å²) in [6, 6.07) is 0. The highest BCUT2D eigenvalue weighted by Gasteiger charge is 2.21. The summed E-state index contributed by atoms with van der Waals surface area (Å²) in [5.41, 5.74) is -0.799. The van der Waals surface area contributed by atoms with E-state index >= 15 is 0 Å². The maximum Gasteiger partial charge on any atom is 0.128 e. The Balaban J connectivity index is 4.21. The lowest BCUT2D eigenvalue weighted by atomic mass is 9.94. The van der Waals surface area contributed by atoms with Gasteiger partial charge in [0, 0.05) is 6.42 Å². The molecule has 0 heterocycles. The van der Waals surface area contributed by atoms with Crippen LogP contribution < -0.4 is 0 Å². The molecule has 0 saturated carbocycles. The summed E-state index contributed by atoms with van der Waals surface area (Å²) in [5, 5.41) is 10.0. The summed E-state index contributed by atoms with van der Waals surface area (Å²) in [6.07, 6.45) is 5.49.